The van der Waals surface area contributed by atoms with Crippen LogP contribution >= 0.6 is 0 Å². The molecule has 1 rings (SSSR count). The third-order valence-corrected chi connectivity index (χ3v) is 6.22. The number of nitrogens with zero attached hydrogens (tertiary/aromatic N) is 3. The number of hydrogen-bond donors (Lipinski definition) is 2. The fourth-order valence-electron chi connectivity index (χ4n) is 2.50. The molecular formula is C13H29N5O2S. The molecule has 1 atom stereocenters. The van der Waals surface area contributed by atoms with Gasteiger partial charge in [-0.25, -0.2) is 0 Å². The Labute approximate surface area is 128 Å². The van der Waals surface area contributed by atoms with E-state index in [2.05, 4.69) is 11.8 Å². The smallest absolute Gasteiger partial charge is 0.282 e. The quantitative estimate of drug-likeness (QED) is 0.521. The van der Waals surface area contributed by atoms with Crippen molar-refractivity contribution < 1.29 is 8.42 Å². The molecule has 124 valence electrons. The molecule has 0 bridgehead atoms. The molecule has 0 saturated carbocycles. The number of hydrogen-bond acceptors (Lipinski definition) is 4. The molecule has 8 heteroatoms. The van der Waals surface area contributed by atoms with Gasteiger partial charge in [-0.3, -0.25) is 10.3 Å². The molecule has 0 aromatic rings. The average molecular weight is 319 g/mol. The summed E-state index contributed by atoms with van der Waals surface area (Å²) in [4.78, 5) is 2.12. The van der Waals surface area contributed by atoms with E-state index in [0.29, 0.717) is 26.2 Å². The summed E-state index contributed by atoms with van der Waals surface area (Å²) in [5.74, 6) is 0.174. The van der Waals surface area contributed by atoms with E-state index in [0.717, 1.165) is 12.8 Å². The van der Waals surface area contributed by atoms with Crippen molar-refractivity contribution in [1.82, 2.24) is 13.5 Å². The summed E-state index contributed by atoms with van der Waals surface area (Å²) in [7, 11) is -1.77. The molecule has 0 aromatic carbocycles. The third kappa shape index (κ3) is 4.38. The maximum Gasteiger partial charge on any atom is 0.282 e. The van der Waals surface area contributed by atoms with Gasteiger partial charge in [0.1, 0.15) is 5.84 Å². The van der Waals surface area contributed by atoms with E-state index in [-0.39, 0.29) is 17.9 Å². The molecule has 0 aliphatic carbocycles. The van der Waals surface area contributed by atoms with Gasteiger partial charge in [-0.2, -0.15) is 17.0 Å². The second-order valence-corrected chi connectivity index (χ2v) is 7.80. The van der Waals surface area contributed by atoms with Crippen molar-refractivity contribution >= 4 is 16.0 Å². The van der Waals surface area contributed by atoms with Crippen LogP contribution in [-0.4, -0.2) is 73.1 Å². The second kappa shape index (κ2) is 7.53. The minimum Gasteiger partial charge on any atom is -0.386 e. The Kier molecular flexibility index (Phi) is 6.58. The van der Waals surface area contributed by atoms with Crippen LogP contribution in [0.1, 0.15) is 33.6 Å². The number of nitrogens with two attached hydrogens (primary N) is 1. The maximum absolute atomic E-state index is 12.4. The molecule has 1 fully saturated rings. The number of nitrogens with one attached hydrogen (secondary N) is 1. The predicted molar refractivity (Wildman–Crippen MR) is 85.6 cm³/mol. The van der Waals surface area contributed by atoms with E-state index in [1.807, 2.05) is 13.8 Å². The highest BCUT2D eigenvalue weighted by Crippen LogP contribution is 2.16. The van der Waals surface area contributed by atoms with E-state index in [1.54, 1.807) is 7.05 Å². The van der Waals surface area contributed by atoms with Crippen LogP contribution in [-0.2, 0) is 10.2 Å². The summed E-state index contributed by atoms with van der Waals surface area (Å²) in [6.45, 7) is 7.93. The first-order valence-corrected chi connectivity index (χ1v) is 8.92. The van der Waals surface area contributed by atoms with Gasteiger partial charge in [0, 0.05) is 39.3 Å². The molecular weight excluding hydrogens is 290 g/mol. The van der Waals surface area contributed by atoms with Crippen LogP contribution in [0.15, 0.2) is 0 Å². The van der Waals surface area contributed by atoms with E-state index in [1.165, 1.54) is 8.61 Å². The molecule has 7 nitrogen and oxygen atoms in total. The van der Waals surface area contributed by atoms with Gasteiger partial charge >= 0.3 is 0 Å². The zero-order valence-corrected chi connectivity index (χ0v) is 14.4. The number of piperazine rings is 1. The Hall–Kier alpha value is -0.700. The first-order valence-electron chi connectivity index (χ1n) is 7.52. The summed E-state index contributed by atoms with van der Waals surface area (Å²) in [6, 6.07) is -0.124. The SMILES string of the molecule is CCCC(C(=N)N)N1CCN(S(=O)(=O)N(C)C(C)C)CC1. The van der Waals surface area contributed by atoms with Gasteiger partial charge in [0.15, 0.2) is 0 Å². The Morgan fingerprint density at radius 1 is 1.29 bits per heavy atom. The van der Waals surface area contributed by atoms with Crippen LogP contribution in [0.3, 0.4) is 0 Å². The lowest BCUT2D eigenvalue weighted by molar-refractivity contribution is 0.155. The van der Waals surface area contributed by atoms with E-state index >= 15 is 0 Å². The number of amidine groups is 1. The Balaban J connectivity index is 2.69. The Morgan fingerprint density at radius 2 is 1.81 bits per heavy atom. The summed E-state index contributed by atoms with van der Waals surface area (Å²) >= 11 is 0. The zero-order chi connectivity index (χ0) is 16.2. The highest BCUT2D eigenvalue weighted by atomic mass is 32.2. The molecule has 1 saturated heterocycles. The van der Waals surface area contributed by atoms with Crippen molar-refractivity contribution in [2.45, 2.75) is 45.7 Å². The summed E-state index contributed by atoms with van der Waals surface area (Å²) in [6.07, 6.45) is 1.80. The van der Waals surface area contributed by atoms with Gasteiger partial charge in [0.2, 0.25) is 0 Å². The lowest BCUT2D eigenvalue weighted by Gasteiger charge is -2.39. The minimum absolute atomic E-state index is 0.0573. The maximum atomic E-state index is 12.4. The second-order valence-electron chi connectivity index (χ2n) is 5.81. The molecule has 1 heterocycles. The minimum atomic E-state index is -3.39. The van der Waals surface area contributed by atoms with Gasteiger partial charge in [0.25, 0.3) is 10.2 Å². The number of rotatable bonds is 7. The monoisotopic (exact) mass is 319 g/mol. The van der Waals surface area contributed by atoms with Crippen LogP contribution in [0.25, 0.3) is 0 Å². The highest BCUT2D eigenvalue weighted by molar-refractivity contribution is 7.86. The van der Waals surface area contributed by atoms with E-state index < -0.39 is 10.2 Å². The van der Waals surface area contributed by atoms with Gasteiger partial charge in [-0.05, 0) is 20.3 Å². The van der Waals surface area contributed by atoms with Crippen molar-refractivity contribution in [1.29, 1.82) is 5.41 Å². The average Bonchev–Trinajstić information content (AvgIpc) is 2.43. The van der Waals surface area contributed by atoms with Gasteiger partial charge in [-0.1, -0.05) is 13.3 Å². The van der Waals surface area contributed by atoms with Crippen LogP contribution < -0.4 is 5.73 Å². The molecule has 1 aliphatic heterocycles. The van der Waals surface area contributed by atoms with Gasteiger partial charge in [0.05, 0.1) is 6.04 Å². The molecule has 0 radical (unpaired) electrons. The molecule has 21 heavy (non-hydrogen) atoms. The summed E-state index contributed by atoms with van der Waals surface area (Å²) < 4.78 is 27.8. The van der Waals surface area contributed by atoms with Crippen molar-refractivity contribution in [3.05, 3.63) is 0 Å². The van der Waals surface area contributed by atoms with Gasteiger partial charge < -0.3 is 5.73 Å². The van der Waals surface area contributed by atoms with Crippen LogP contribution in [0.4, 0.5) is 0 Å². The first-order chi connectivity index (χ1) is 9.71. The van der Waals surface area contributed by atoms with Crippen molar-refractivity contribution in [2.75, 3.05) is 33.2 Å². The van der Waals surface area contributed by atoms with Crippen molar-refractivity contribution in [2.24, 2.45) is 5.73 Å². The molecule has 1 unspecified atom stereocenters. The van der Waals surface area contributed by atoms with Crippen molar-refractivity contribution in [3.63, 3.8) is 0 Å². The van der Waals surface area contributed by atoms with E-state index in [4.69, 9.17) is 11.1 Å². The van der Waals surface area contributed by atoms with Crippen molar-refractivity contribution in [3.8, 4) is 0 Å². The Morgan fingerprint density at radius 3 is 2.19 bits per heavy atom. The third-order valence-electron chi connectivity index (χ3n) is 4.05. The first kappa shape index (κ1) is 18.3. The fourth-order valence-corrected chi connectivity index (χ4v) is 4.02. The standard InChI is InChI=1S/C13H29N5O2S/c1-5-6-12(13(14)15)17-7-9-18(10-8-17)21(19,20)16(4)11(2)3/h11-12H,5-10H2,1-4H3,(H3,14,15). The molecule has 1 aliphatic rings. The normalized spacial score (nSPS) is 20.1. The lowest BCUT2D eigenvalue weighted by atomic mass is 10.1. The molecule has 0 spiro atoms. The molecule has 3 N–H and O–H groups in total. The van der Waals surface area contributed by atoms with Crippen LogP contribution in [0, 0.1) is 5.41 Å². The van der Waals surface area contributed by atoms with Crippen LogP contribution in [0.5, 0.6) is 0 Å². The fraction of sp³-hybridized carbons (Fsp3) is 0.923. The molecule has 0 aromatic heterocycles. The Bertz CT molecular complexity index is 443. The van der Waals surface area contributed by atoms with E-state index in [9.17, 15) is 8.42 Å². The zero-order valence-electron chi connectivity index (χ0n) is 13.5. The lowest BCUT2D eigenvalue weighted by Crippen LogP contribution is -2.57. The topological polar surface area (TPSA) is 93.7 Å². The van der Waals surface area contributed by atoms with Gasteiger partial charge in [-0.15, -0.1) is 0 Å². The molecule has 0 amide bonds. The summed E-state index contributed by atoms with van der Waals surface area (Å²) in [5, 5.41) is 7.68. The highest BCUT2D eigenvalue weighted by Gasteiger charge is 2.33. The van der Waals surface area contributed by atoms with Crippen LogP contribution in [0.2, 0.25) is 0 Å². The summed E-state index contributed by atoms with van der Waals surface area (Å²) in [5.41, 5.74) is 5.66. The predicted octanol–water partition coefficient (Wildman–Crippen LogP) is 0.294. The largest absolute Gasteiger partial charge is 0.386 e.